The van der Waals surface area contributed by atoms with Gasteiger partial charge in [0, 0.05) is 38.0 Å². The fourth-order valence-corrected chi connectivity index (χ4v) is 2.55. The van der Waals surface area contributed by atoms with Crippen molar-refractivity contribution in [3.63, 3.8) is 0 Å². The summed E-state index contributed by atoms with van der Waals surface area (Å²) < 4.78 is 11.0. The molecular weight excluding hydrogens is 264 g/mol. The molecule has 120 valence electrons. The largest absolute Gasteiger partial charge is 0.493 e. The molecular formula is C17H30N2O2. The van der Waals surface area contributed by atoms with Crippen molar-refractivity contribution >= 4 is 5.69 Å². The van der Waals surface area contributed by atoms with Crippen molar-refractivity contribution in [2.75, 3.05) is 39.1 Å². The van der Waals surface area contributed by atoms with Crippen LogP contribution in [-0.4, -0.2) is 44.4 Å². The Morgan fingerprint density at radius 2 is 1.90 bits per heavy atom. The molecule has 1 rings (SSSR count). The zero-order valence-corrected chi connectivity index (χ0v) is 13.7. The Kier molecular flexibility index (Phi) is 8.87. The molecule has 0 aliphatic heterocycles. The standard InChI is InChI=1S/C17H30N2O2/c1-4-16(5-2)19(11-13-20-3)10-7-12-21-17-9-6-8-15(18)14-17/h6,8-9,14,16H,4-5,7,10-13,18H2,1-3H3. The zero-order chi connectivity index (χ0) is 15.5. The van der Waals surface area contributed by atoms with E-state index in [4.69, 9.17) is 15.2 Å². The van der Waals surface area contributed by atoms with Gasteiger partial charge in [0.1, 0.15) is 5.75 Å². The Morgan fingerprint density at radius 1 is 1.14 bits per heavy atom. The highest BCUT2D eigenvalue weighted by atomic mass is 16.5. The normalized spacial score (nSPS) is 11.3. The third-order valence-electron chi connectivity index (χ3n) is 3.76. The maximum Gasteiger partial charge on any atom is 0.121 e. The van der Waals surface area contributed by atoms with Crippen LogP contribution in [0.5, 0.6) is 5.75 Å². The van der Waals surface area contributed by atoms with Crippen molar-refractivity contribution < 1.29 is 9.47 Å². The maximum absolute atomic E-state index is 5.75. The number of methoxy groups -OCH3 is 1. The molecule has 0 saturated heterocycles. The smallest absolute Gasteiger partial charge is 0.121 e. The minimum absolute atomic E-state index is 0.632. The monoisotopic (exact) mass is 294 g/mol. The van der Waals surface area contributed by atoms with Gasteiger partial charge in [0.15, 0.2) is 0 Å². The number of nitrogen functional groups attached to an aromatic ring is 1. The second-order valence-corrected chi connectivity index (χ2v) is 5.27. The van der Waals surface area contributed by atoms with E-state index in [9.17, 15) is 0 Å². The van der Waals surface area contributed by atoms with Crippen LogP contribution in [0.25, 0.3) is 0 Å². The maximum atomic E-state index is 5.75. The van der Waals surface area contributed by atoms with Crippen molar-refractivity contribution in [1.29, 1.82) is 0 Å². The van der Waals surface area contributed by atoms with E-state index in [0.29, 0.717) is 12.6 Å². The first-order valence-corrected chi connectivity index (χ1v) is 7.92. The lowest BCUT2D eigenvalue weighted by molar-refractivity contribution is 0.110. The molecule has 1 aromatic rings. The first kappa shape index (κ1) is 17.8. The summed E-state index contributed by atoms with van der Waals surface area (Å²) in [5.41, 5.74) is 6.48. The number of anilines is 1. The minimum Gasteiger partial charge on any atom is -0.493 e. The fourth-order valence-electron chi connectivity index (χ4n) is 2.55. The van der Waals surface area contributed by atoms with Crippen LogP contribution in [0.1, 0.15) is 33.1 Å². The molecule has 0 saturated carbocycles. The number of hydrogen-bond donors (Lipinski definition) is 1. The number of hydrogen-bond acceptors (Lipinski definition) is 4. The quantitative estimate of drug-likeness (QED) is 0.503. The van der Waals surface area contributed by atoms with Crippen molar-refractivity contribution in [2.45, 2.75) is 39.2 Å². The summed E-state index contributed by atoms with van der Waals surface area (Å²) in [6.07, 6.45) is 3.36. The van der Waals surface area contributed by atoms with E-state index in [1.54, 1.807) is 7.11 Å². The molecule has 0 atom stereocenters. The molecule has 0 bridgehead atoms. The molecule has 4 nitrogen and oxygen atoms in total. The summed E-state index contributed by atoms with van der Waals surface area (Å²) in [5, 5.41) is 0. The van der Waals surface area contributed by atoms with Gasteiger partial charge in [-0.15, -0.1) is 0 Å². The number of benzene rings is 1. The Balaban J connectivity index is 2.35. The van der Waals surface area contributed by atoms with Gasteiger partial charge in [-0.25, -0.2) is 0 Å². The third kappa shape index (κ3) is 6.82. The summed E-state index contributed by atoms with van der Waals surface area (Å²) in [5.74, 6) is 0.848. The van der Waals surface area contributed by atoms with Gasteiger partial charge in [-0.05, 0) is 31.4 Å². The van der Waals surface area contributed by atoms with E-state index >= 15 is 0 Å². The molecule has 0 aliphatic rings. The lowest BCUT2D eigenvalue weighted by atomic mass is 10.1. The molecule has 0 spiro atoms. The number of rotatable bonds is 11. The summed E-state index contributed by atoms with van der Waals surface area (Å²) in [6, 6.07) is 8.22. The van der Waals surface area contributed by atoms with Crippen LogP contribution >= 0.6 is 0 Å². The summed E-state index contributed by atoms with van der Waals surface area (Å²) in [6.45, 7) is 8.02. The topological polar surface area (TPSA) is 47.7 Å². The second kappa shape index (κ2) is 10.5. The van der Waals surface area contributed by atoms with Crippen LogP contribution in [0.3, 0.4) is 0 Å². The Morgan fingerprint density at radius 3 is 2.52 bits per heavy atom. The molecule has 0 aliphatic carbocycles. The fraction of sp³-hybridized carbons (Fsp3) is 0.647. The molecule has 1 aromatic carbocycles. The molecule has 0 heterocycles. The van der Waals surface area contributed by atoms with E-state index in [-0.39, 0.29) is 0 Å². The average molecular weight is 294 g/mol. The average Bonchev–Trinajstić information content (AvgIpc) is 2.49. The van der Waals surface area contributed by atoms with Gasteiger partial charge >= 0.3 is 0 Å². The SMILES string of the molecule is CCC(CC)N(CCCOc1cccc(N)c1)CCOC. The van der Waals surface area contributed by atoms with E-state index in [2.05, 4.69) is 18.7 Å². The van der Waals surface area contributed by atoms with E-state index in [0.717, 1.165) is 37.6 Å². The summed E-state index contributed by atoms with van der Waals surface area (Å²) in [7, 11) is 1.76. The van der Waals surface area contributed by atoms with Gasteiger partial charge < -0.3 is 15.2 Å². The van der Waals surface area contributed by atoms with Crippen molar-refractivity contribution in [3.8, 4) is 5.75 Å². The van der Waals surface area contributed by atoms with Gasteiger partial charge in [-0.2, -0.15) is 0 Å². The minimum atomic E-state index is 0.632. The molecule has 0 aromatic heterocycles. The van der Waals surface area contributed by atoms with Crippen LogP contribution in [0, 0.1) is 0 Å². The first-order valence-electron chi connectivity index (χ1n) is 7.92. The number of ether oxygens (including phenoxy) is 2. The number of nitrogens with two attached hydrogens (primary N) is 1. The van der Waals surface area contributed by atoms with Gasteiger partial charge in [0.05, 0.1) is 13.2 Å². The van der Waals surface area contributed by atoms with Crippen molar-refractivity contribution in [1.82, 2.24) is 4.90 Å². The van der Waals surface area contributed by atoms with E-state index in [1.807, 2.05) is 24.3 Å². The second-order valence-electron chi connectivity index (χ2n) is 5.27. The van der Waals surface area contributed by atoms with Gasteiger partial charge in [-0.3, -0.25) is 4.90 Å². The predicted molar refractivity (Wildman–Crippen MR) is 88.8 cm³/mol. The molecule has 2 N–H and O–H groups in total. The Labute approximate surface area is 129 Å². The lowest BCUT2D eigenvalue weighted by Crippen LogP contribution is -2.38. The van der Waals surface area contributed by atoms with Crippen LogP contribution in [-0.2, 0) is 4.74 Å². The molecule has 0 fully saturated rings. The van der Waals surface area contributed by atoms with Crippen molar-refractivity contribution in [3.05, 3.63) is 24.3 Å². The summed E-state index contributed by atoms with van der Waals surface area (Å²) in [4.78, 5) is 2.51. The van der Waals surface area contributed by atoms with E-state index in [1.165, 1.54) is 12.8 Å². The third-order valence-corrected chi connectivity index (χ3v) is 3.76. The first-order chi connectivity index (χ1) is 10.2. The molecule has 0 amide bonds. The number of nitrogens with zero attached hydrogens (tertiary/aromatic N) is 1. The highest BCUT2D eigenvalue weighted by molar-refractivity contribution is 5.43. The van der Waals surface area contributed by atoms with Gasteiger partial charge in [0.25, 0.3) is 0 Å². The zero-order valence-electron chi connectivity index (χ0n) is 13.7. The predicted octanol–water partition coefficient (Wildman–Crippen LogP) is 3.17. The van der Waals surface area contributed by atoms with Gasteiger partial charge in [-0.1, -0.05) is 19.9 Å². The van der Waals surface area contributed by atoms with Crippen LogP contribution in [0.2, 0.25) is 0 Å². The van der Waals surface area contributed by atoms with E-state index < -0.39 is 0 Å². The molecule has 0 radical (unpaired) electrons. The Bertz CT molecular complexity index is 381. The lowest BCUT2D eigenvalue weighted by Gasteiger charge is -2.30. The molecule has 4 heteroatoms. The highest BCUT2D eigenvalue weighted by Crippen LogP contribution is 2.15. The highest BCUT2D eigenvalue weighted by Gasteiger charge is 2.14. The van der Waals surface area contributed by atoms with Crippen LogP contribution in [0.4, 0.5) is 5.69 Å². The van der Waals surface area contributed by atoms with Gasteiger partial charge in [0.2, 0.25) is 0 Å². The molecule has 21 heavy (non-hydrogen) atoms. The van der Waals surface area contributed by atoms with Crippen LogP contribution in [0.15, 0.2) is 24.3 Å². The summed E-state index contributed by atoms with van der Waals surface area (Å²) >= 11 is 0. The molecule has 0 unspecified atom stereocenters. The van der Waals surface area contributed by atoms with Crippen molar-refractivity contribution in [2.24, 2.45) is 0 Å². The van der Waals surface area contributed by atoms with Crippen LogP contribution < -0.4 is 10.5 Å². The Hall–Kier alpha value is -1.26.